The monoisotopic (exact) mass is 465 g/mol. The van der Waals surface area contributed by atoms with E-state index in [-0.39, 0.29) is 17.4 Å². The molecule has 0 aliphatic carbocycles. The van der Waals surface area contributed by atoms with Gasteiger partial charge < -0.3 is 19.5 Å². The molecule has 2 aromatic rings. The first-order chi connectivity index (χ1) is 16.3. The molecule has 1 fully saturated rings. The molecule has 34 heavy (non-hydrogen) atoms. The molecular formula is C28H35NO5. The zero-order valence-corrected chi connectivity index (χ0v) is 20.8. The number of hydrogen-bond acceptors (Lipinski definition) is 5. The Morgan fingerprint density at radius 2 is 1.76 bits per heavy atom. The number of carbonyl (C=O) groups excluding carboxylic acids is 2. The van der Waals surface area contributed by atoms with Crippen molar-refractivity contribution in [3.63, 3.8) is 0 Å². The molecule has 1 heterocycles. The fraction of sp³-hybridized carbons (Fsp3) is 0.429. The van der Waals surface area contributed by atoms with Gasteiger partial charge in [0.2, 0.25) is 0 Å². The lowest BCUT2D eigenvalue weighted by molar-refractivity contribution is -0.139. The molecule has 1 N–H and O–H groups in total. The maximum absolute atomic E-state index is 13.2. The number of rotatable bonds is 10. The Morgan fingerprint density at radius 3 is 2.35 bits per heavy atom. The van der Waals surface area contributed by atoms with Gasteiger partial charge in [-0.3, -0.25) is 9.59 Å². The molecule has 0 bridgehead atoms. The van der Waals surface area contributed by atoms with Gasteiger partial charge in [0.15, 0.2) is 0 Å². The molecule has 1 amide bonds. The van der Waals surface area contributed by atoms with Gasteiger partial charge >= 0.3 is 0 Å². The molecule has 182 valence electrons. The highest BCUT2D eigenvalue weighted by Crippen LogP contribution is 2.40. The summed E-state index contributed by atoms with van der Waals surface area (Å²) in [6, 6.07) is 12.0. The van der Waals surface area contributed by atoms with Gasteiger partial charge in [-0.25, -0.2) is 0 Å². The number of amides is 1. The Morgan fingerprint density at radius 1 is 1.06 bits per heavy atom. The van der Waals surface area contributed by atoms with Crippen LogP contribution in [0.1, 0.15) is 69.7 Å². The number of hydrogen-bond donors (Lipinski definition) is 1. The highest BCUT2D eigenvalue weighted by atomic mass is 16.5. The van der Waals surface area contributed by atoms with Gasteiger partial charge in [-0.1, -0.05) is 31.9 Å². The molecular weight excluding hydrogens is 430 g/mol. The van der Waals surface area contributed by atoms with Gasteiger partial charge in [0.1, 0.15) is 17.3 Å². The minimum Gasteiger partial charge on any atom is -0.507 e. The zero-order chi connectivity index (χ0) is 24.8. The van der Waals surface area contributed by atoms with Gasteiger partial charge in [-0.2, -0.15) is 0 Å². The van der Waals surface area contributed by atoms with Gasteiger partial charge in [-0.05, 0) is 75.6 Å². The Hall–Kier alpha value is -3.28. The smallest absolute Gasteiger partial charge is 0.295 e. The summed E-state index contributed by atoms with van der Waals surface area (Å²) < 4.78 is 11.3. The highest BCUT2D eigenvalue weighted by molar-refractivity contribution is 6.46. The zero-order valence-electron chi connectivity index (χ0n) is 20.8. The normalized spacial score (nSPS) is 17.5. The van der Waals surface area contributed by atoms with E-state index >= 15 is 0 Å². The highest BCUT2D eigenvalue weighted by Gasteiger charge is 2.45. The predicted molar refractivity (Wildman–Crippen MR) is 133 cm³/mol. The second-order valence-corrected chi connectivity index (χ2v) is 8.85. The maximum atomic E-state index is 13.2. The Bertz CT molecular complexity index is 1050. The van der Waals surface area contributed by atoms with Crippen molar-refractivity contribution in [1.82, 2.24) is 4.90 Å². The standard InChI is InChI=1S/C28H35NO5/c1-6-8-9-16-29-25(20-10-13-22(14-11-20)34-18(3)4)24(27(31)28(29)32)26(30)21-12-15-23(33-7-2)19(5)17-21/h10-15,17-18,25,30H,6-9,16H2,1-5H3/b26-24-. The number of benzene rings is 2. The number of carbonyl (C=O) groups is 2. The SMILES string of the molecule is CCCCCN1C(=O)C(=O)/C(=C(\O)c2ccc(OCC)c(C)c2)C1c1ccc(OC(C)C)cc1. The van der Waals surface area contributed by atoms with Gasteiger partial charge in [0, 0.05) is 12.1 Å². The number of likely N-dealkylation sites (tertiary alicyclic amines) is 1. The molecule has 1 atom stereocenters. The number of ketones is 1. The molecule has 1 unspecified atom stereocenters. The number of Topliss-reactive ketones (excluding diaryl/α,β-unsaturated/α-hetero) is 1. The number of ether oxygens (including phenoxy) is 2. The van der Waals surface area contributed by atoms with E-state index in [1.165, 1.54) is 0 Å². The minimum atomic E-state index is -0.659. The second-order valence-electron chi connectivity index (χ2n) is 8.85. The summed E-state index contributed by atoms with van der Waals surface area (Å²) in [6.07, 6.45) is 2.78. The van der Waals surface area contributed by atoms with Crippen LogP contribution in [0.5, 0.6) is 11.5 Å². The Labute approximate surface area is 202 Å². The van der Waals surface area contributed by atoms with Crippen molar-refractivity contribution in [2.75, 3.05) is 13.2 Å². The lowest BCUT2D eigenvalue weighted by Gasteiger charge is -2.25. The molecule has 0 radical (unpaired) electrons. The van der Waals surface area contributed by atoms with Crippen LogP contribution in [0.2, 0.25) is 0 Å². The van der Waals surface area contributed by atoms with E-state index < -0.39 is 17.7 Å². The van der Waals surface area contributed by atoms with E-state index in [9.17, 15) is 14.7 Å². The molecule has 1 aliphatic rings. The summed E-state index contributed by atoms with van der Waals surface area (Å²) in [5.41, 5.74) is 2.20. The van der Waals surface area contributed by atoms with Crippen LogP contribution < -0.4 is 9.47 Å². The van der Waals surface area contributed by atoms with E-state index in [4.69, 9.17) is 9.47 Å². The summed E-state index contributed by atoms with van der Waals surface area (Å²) in [7, 11) is 0. The van der Waals surface area contributed by atoms with Gasteiger partial charge in [0.05, 0.1) is 24.3 Å². The topological polar surface area (TPSA) is 76.1 Å². The van der Waals surface area contributed by atoms with Crippen molar-refractivity contribution in [2.24, 2.45) is 0 Å². The van der Waals surface area contributed by atoms with Crippen LogP contribution in [0.3, 0.4) is 0 Å². The van der Waals surface area contributed by atoms with Crippen LogP contribution in [0.4, 0.5) is 0 Å². The van der Waals surface area contributed by atoms with Crippen molar-refractivity contribution >= 4 is 17.4 Å². The predicted octanol–water partition coefficient (Wildman–Crippen LogP) is 5.79. The van der Waals surface area contributed by atoms with E-state index in [1.807, 2.05) is 52.0 Å². The molecule has 0 saturated carbocycles. The lowest BCUT2D eigenvalue weighted by Crippen LogP contribution is -2.30. The number of aliphatic hydroxyl groups excluding tert-OH is 1. The average Bonchev–Trinajstić information content (AvgIpc) is 3.05. The fourth-order valence-electron chi connectivity index (χ4n) is 4.26. The fourth-order valence-corrected chi connectivity index (χ4v) is 4.26. The van der Waals surface area contributed by atoms with Crippen molar-refractivity contribution < 1.29 is 24.2 Å². The molecule has 0 spiro atoms. The van der Waals surface area contributed by atoms with Gasteiger partial charge in [0.25, 0.3) is 11.7 Å². The minimum absolute atomic E-state index is 0.0356. The maximum Gasteiger partial charge on any atom is 0.295 e. The summed E-state index contributed by atoms with van der Waals surface area (Å²) >= 11 is 0. The summed E-state index contributed by atoms with van der Waals surface area (Å²) in [4.78, 5) is 27.8. The van der Waals surface area contributed by atoms with Crippen LogP contribution in [-0.2, 0) is 9.59 Å². The van der Waals surface area contributed by atoms with Crippen LogP contribution in [0.25, 0.3) is 5.76 Å². The van der Waals surface area contributed by atoms with Crippen LogP contribution in [-0.4, -0.2) is 41.0 Å². The van der Waals surface area contributed by atoms with Crippen LogP contribution in [0.15, 0.2) is 48.0 Å². The first kappa shape index (κ1) is 25.3. The lowest BCUT2D eigenvalue weighted by atomic mass is 9.94. The molecule has 6 nitrogen and oxygen atoms in total. The van der Waals surface area contributed by atoms with E-state index in [0.29, 0.717) is 24.5 Å². The summed E-state index contributed by atoms with van der Waals surface area (Å²) in [6.45, 7) is 10.8. The first-order valence-electron chi connectivity index (χ1n) is 12.1. The molecule has 1 saturated heterocycles. The molecule has 1 aliphatic heterocycles. The first-order valence-corrected chi connectivity index (χ1v) is 12.1. The number of unbranched alkanes of at least 4 members (excludes halogenated alkanes) is 2. The molecule has 3 rings (SSSR count). The van der Waals surface area contributed by atoms with Crippen LogP contribution >= 0.6 is 0 Å². The summed E-state index contributed by atoms with van der Waals surface area (Å²) in [5.74, 6) is 0.0241. The Kier molecular flexibility index (Phi) is 8.37. The second kappa shape index (κ2) is 11.2. The molecule has 6 heteroatoms. The van der Waals surface area contributed by atoms with E-state index in [0.717, 1.165) is 36.1 Å². The third-order valence-corrected chi connectivity index (χ3v) is 5.86. The number of aryl methyl sites for hydroxylation is 1. The van der Waals surface area contributed by atoms with Crippen molar-refractivity contribution in [2.45, 2.75) is 66.0 Å². The van der Waals surface area contributed by atoms with E-state index in [1.54, 1.807) is 23.1 Å². The number of nitrogens with zero attached hydrogens (tertiary/aromatic N) is 1. The average molecular weight is 466 g/mol. The molecule has 0 aromatic heterocycles. The Balaban J connectivity index is 2.07. The van der Waals surface area contributed by atoms with Crippen molar-refractivity contribution in [1.29, 1.82) is 0 Å². The van der Waals surface area contributed by atoms with E-state index in [2.05, 4.69) is 6.92 Å². The largest absolute Gasteiger partial charge is 0.507 e. The van der Waals surface area contributed by atoms with Crippen molar-refractivity contribution in [3.8, 4) is 11.5 Å². The summed E-state index contributed by atoms with van der Waals surface area (Å²) in [5, 5.41) is 11.3. The van der Waals surface area contributed by atoms with Crippen LogP contribution in [0, 0.1) is 6.92 Å². The third-order valence-electron chi connectivity index (χ3n) is 5.86. The van der Waals surface area contributed by atoms with Gasteiger partial charge in [-0.15, -0.1) is 0 Å². The third kappa shape index (κ3) is 5.44. The molecule has 2 aromatic carbocycles. The van der Waals surface area contributed by atoms with Crippen molar-refractivity contribution in [3.05, 3.63) is 64.7 Å². The quantitative estimate of drug-likeness (QED) is 0.208. The number of aliphatic hydroxyl groups is 1.